The molecule has 0 N–H and O–H groups in total. The van der Waals surface area contributed by atoms with Gasteiger partial charge in [-0.25, -0.2) is 0 Å². The minimum atomic E-state index is -1.13. The van der Waals surface area contributed by atoms with Crippen molar-refractivity contribution < 1.29 is 4.57 Å². The van der Waals surface area contributed by atoms with E-state index < -0.39 is 7.80 Å². The van der Waals surface area contributed by atoms with Gasteiger partial charge in [-0.1, -0.05) is 25.1 Å². The first kappa shape index (κ1) is 8.42. The van der Waals surface area contributed by atoms with Crippen LogP contribution in [0, 0.1) is 0 Å². The van der Waals surface area contributed by atoms with Gasteiger partial charge in [-0.15, -0.1) is 0 Å². The van der Waals surface area contributed by atoms with Crippen LogP contribution in [-0.4, -0.2) is 6.16 Å². The van der Waals surface area contributed by atoms with Gasteiger partial charge in [0.05, 0.1) is 0 Å². The van der Waals surface area contributed by atoms with Crippen molar-refractivity contribution >= 4 is 13.1 Å². The molecule has 59 valence electrons. The van der Waals surface area contributed by atoms with E-state index in [1.54, 1.807) is 0 Å². The highest BCUT2D eigenvalue weighted by Gasteiger charge is 1.99. The van der Waals surface area contributed by atoms with Gasteiger partial charge in [0.15, 0.2) is 0 Å². The van der Waals surface area contributed by atoms with Gasteiger partial charge in [0.25, 0.3) is 0 Å². The molecule has 11 heavy (non-hydrogen) atoms. The molecule has 1 nitrogen and oxygen atoms in total. The van der Waals surface area contributed by atoms with Gasteiger partial charge >= 0.3 is 0 Å². The average molecular weight is 167 g/mol. The van der Waals surface area contributed by atoms with Crippen molar-refractivity contribution in [3.63, 3.8) is 0 Å². The van der Waals surface area contributed by atoms with Crippen LogP contribution in [-0.2, 0) is 4.57 Å². The Morgan fingerprint density at radius 2 is 1.91 bits per heavy atom. The van der Waals surface area contributed by atoms with Crippen molar-refractivity contribution in [3.8, 4) is 0 Å². The lowest BCUT2D eigenvalue weighted by Gasteiger charge is -1.96. The van der Waals surface area contributed by atoms with Crippen LogP contribution in [0.25, 0.3) is 0 Å². The van der Waals surface area contributed by atoms with Gasteiger partial charge in [0.1, 0.15) is 7.80 Å². The van der Waals surface area contributed by atoms with Gasteiger partial charge in [0.2, 0.25) is 0 Å². The summed E-state index contributed by atoms with van der Waals surface area (Å²) in [6, 6.07) is 9.65. The first-order valence-electron chi connectivity index (χ1n) is 3.84. The molecule has 0 bridgehead atoms. The maximum atomic E-state index is 11.4. The molecule has 1 unspecified atom stereocenters. The molecule has 0 aliphatic carbocycles. The monoisotopic (exact) mass is 167 g/mol. The number of benzene rings is 1. The number of hydrogen-bond donors (Lipinski definition) is 0. The van der Waals surface area contributed by atoms with Crippen molar-refractivity contribution in [1.82, 2.24) is 0 Å². The standard InChI is InChI=1S/C9H12OP/c1-2-8-11(10)9-6-4-3-5-7-9/h3-7H,2,8H2,1H3. The molecule has 0 heterocycles. The Morgan fingerprint density at radius 3 is 2.45 bits per heavy atom. The van der Waals surface area contributed by atoms with Gasteiger partial charge in [-0.2, -0.15) is 0 Å². The molecule has 1 aromatic rings. The molecule has 0 amide bonds. The van der Waals surface area contributed by atoms with Crippen molar-refractivity contribution in [2.75, 3.05) is 6.16 Å². The van der Waals surface area contributed by atoms with Crippen LogP contribution in [0.1, 0.15) is 13.3 Å². The fourth-order valence-electron chi connectivity index (χ4n) is 0.926. The lowest BCUT2D eigenvalue weighted by atomic mass is 10.4. The Kier molecular flexibility index (Phi) is 3.25. The van der Waals surface area contributed by atoms with Crippen LogP contribution in [0.2, 0.25) is 0 Å². The molecule has 1 aromatic carbocycles. The molecule has 0 fully saturated rings. The Hall–Kier alpha value is -0.680. The highest BCUT2D eigenvalue weighted by atomic mass is 31.1. The van der Waals surface area contributed by atoms with E-state index in [1.807, 2.05) is 30.3 Å². The molecule has 2 heteroatoms. The molecule has 0 saturated carbocycles. The molecule has 1 atom stereocenters. The van der Waals surface area contributed by atoms with Crippen molar-refractivity contribution in [2.45, 2.75) is 13.3 Å². The van der Waals surface area contributed by atoms with Crippen LogP contribution < -0.4 is 5.30 Å². The normalized spacial score (nSPS) is 11.2. The van der Waals surface area contributed by atoms with E-state index in [4.69, 9.17) is 0 Å². The fraction of sp³-hybridized carbons (Fsp3) is 0.333. The minimum absolute atomic E-state index is 0.805. The fourth-order valence-corrected chi connectivity index (χ4v) is 2.10. The van der Waals surface area contributed by atoms with E-state index in [1.165, 1.54) is 0 Å². The first-order valence-corrected chi connectivity index (χ1v) is 5.29. The molecule has 0 saturated heterocycles. The number of hydrogen-bond acceptors (Lipinski definition) is 1. The van der Waals surface area contributed by atoms with E-state index in [-0.39, 0.29) is 0 Å². The Morgan fingerprint density at radius 1 is 1.27 bits per heavy atom. The van der Waals surface area contributed by atoms with Crippen molar-refractivity contribution in [3.05, 3.63) is 30.3 Å². The highest BCUT2D eigenvalue weighted by molar-refractivity contribution is 7.53. The van der Waals surface area contributed by atoms with E-state index in [0.717, 1.165) is 17.9 Å². The highest BCUT2D eigenvalue weighted by Crippen LogP contribution is 2.19. The maximum absolute atomic E-state index is 11.4. The lowest BCUT2D eigenvalue weighted by molar-refractivity contribution is 0.592. The van der Waals surface area contributed by atoms with Gasteiger partial charge in [-0.3, -0.25) is 4.57 Å². The quantitative estimate of drug-likeness (QED) is 0.632. The molecular weight excluding hydrogens is 155 g/mol. The lowest BCUT2D eigenvalue weighted by Crippen LogP contribution is -1.95. The number of rotatable bonds is 3. The van der Waals surface area contributed by atoms with E-state index >= 15 is 0 Å². The second-order valence-electron chi connectivity index (χ2n) is 2.44. The zero-order valence-corrected chi connectivity index (χ0v) is 7.55. The summed E-state index contributed by atoms with van der Waals surface area (Å²) in [6.07, 6.45) is 1.80. The molecule has 0 aliphatic rings. The molecular formula is C9H12OP. The molecule has 1 rings (SSSR count). The van der Waals surface area contributed by atoms with E-state index in [2.05, 4.69) is 6.92 Å². The predicted octanol–water partition coefficient (Wildman–Crippen LogP) is 2.55. The SMILES string of the molecule is CCC[P](=O)c1ccccc1. The summed E-state index contributed by atoms with van der Waals surface area (Å²) in [5.74, 6) is 0. The Labute approximate surface area is 68.2 Å². The second-order valence-corrected chi connectivity index (χ2v) is 4.16. The van der Waals surface area contributed by atoms with Crippen LogP contribution in [0.3, 0.4) is 0 Å². The first-order chi connectivity index (χ1) is 5.34. The van der Waals surface area contributed by atoms with Gasteiger partial charge in [0, 0.05) is 11.5 Å². The summed E-state index contributed by atoms with van der Waals surface area (Å²) in [6.45, 7) is 2.05. The van der Waals surface area contributed by atoms with Gasteiger partial charge < -0.3 is 0 Å². The zero-order valence-electron chi connectivity index (χ0n) is 6.66. The third-order valence-corrected chi connectivity index (χ3v) is 3.20. The van der Waals surface area contributed by atoms with Crippen LogP contribution in [0.5, 0.6) is 0 Å². The summed E-state index contributed by atoms with van der Waals surface area (Å²) in [5.41, 5.74) is 0. The third kappa shape index (κ3) is 2.44. The van der Waals surface area contributed by atoms with Gasteiger partial charge in [-0.05, 0) is 18.6 Å². The summed E-state index contributed by atoms with van der Waals surface area (Å²) in [4.78, 5) is 0. The topological polar surface area (TPSA) is 17.1 Å². The minimum Gasteiger partial charge on any atom is -0.282 e. The average Bonchev–Trinajstić information content (AvgIpc) is 2.07. The van der Waals surface area contributed by atoms with E-state index in [9.17, 15) is 4.57 Å². The maximum Gasteiger partial charge on any atom is 0.104 e. The van der Waals surface area contributed by atoms with Crippen LogP contribution in [0.15, 0.2) is 30.3 Å². The zero-order chi connectivity index (χ0) is 8.10. The summed E-state index contributed by atoms with van der Waals surface area (Å²) in [5, 5.41) is 0.976. The van der Waals surface area contributed by atoms with Crippen molar-refractivity contribution in [2.24, 2.45) is 0 Å². The summed E-state index contributed by atoms with van der Waals surface area (Å²) in [7, 11) is -1.13. The molecule has 0 aliphatic heterocycles. The Balaban J connectivity index is 2.69. The largest absolute Gasteiger partial charge is 0.282 e. The Bertz CT molecular complexity index is 231. The predicted molar refractivity (Wildman–Crippen MR) is 48.8 cm³/mol. The van der Waals surface area contributed by atoms with Crippen molar-refractivity contribution in [1.29, 1.82) is 0 Å². The second kappa shape index (κ2) is 4.25. The molecule has 0 aromatic heterocycles. The molecule has 0 spiro atoms. The van der Waals surface area contributed by atoms with E-state index in [0.29, 0.717) is 0 Å². The summed E-state index contributed by atoms with van der Waals surface area (Å²) < 4.78 is 11.4. The van der Waals surface area contributed by atoms with Crippen LogP contribution >= 0.6 is 7.80 Å². The smallest absolute Gasteiger partial charge is 0.104 e. The third-order valence-electron chi connectivity index (χ3n) is 1.47. The van der Waals surface area contributed by atoms with Crippen LogP contribution in [0.4, 0.5) is 0 Å². The molecule has 1 radical (unpaired) electrons. The summed E-state index contributed by atoms with van der Waals surface area (Å²) >= 11 is 0.